The van der Waals surface area contributed by atoms with E-state index in [1.165, 1.54) is 0 Å². The van der Waals surface area contributed by atoms with Gasteiger partial charge in [-0.05, 0) is 24.6 Å². The lowest BCUT2D eigenvalue weighted by Gasteiger charge is -2.14. The number of primary amides is 1. The van der Waals surface area contributed by atoms with Crippen LogP contribution in [-0.2, 0) is 4.79 Å². The third kappa shape index (κ3) is 2.32. The first kappa shape index (κ1) is 12.1. The SMILES string of the molecule is Cc1[nH][nH]c(=O)c1[C@@H](CC(N)=O)c1ccncc1. The van der Waals surface area contributed by atoms with Gasteiger partial charge in [0.2, 0.25) is 5.91 Å². The smallest absolute Gasteiger partial charge is 0.267 e. The molecule has 4 N–H and O–H groups in total. The predicted molar refractivity (Wildman–Crippen MR) is 66.0 cm³/mol. The lowest BCUT2D eigenvalue weighted by atomic mass is 9.89. The Kier molecular flexibility index (Phi) is 3.27. The van der Waals surface area contributed by atoms with Crippen LogP contribution >= 0.6 is 0 Å². The second-order valence-electron chi connectivity index (χ2n) is 4.12. The average Bonchev–Trinajstić information content (AvgIpc) is 2.67. The van der Waals surface area contributed by atoms with Crippen molar-refractivity contribution in [2.75, 3.05) is 0 Å². The summed E-state index contributed by atoms with van der Waals surface area (Å²) in [4.78, 5) is 26.9. The number of nitrogens with one attached hydrogen (secondary N) is 2. The molecule has 1 amide bonds. The third-order valence-corrected chi connectivity index (χ3v) is 2.87. The lowest BCUT2D eigenvalue weighted by Crippen LogP contribution is -2.20. The average molecular weight is 246 g/mol. The van der Waals surface area contributed by atoms with Crippen molar-refractivity contribution in [1.29, 1.82) is 0 Å². The molecule has 2 aromatic rings. The van der Waals surface area contributed by atoms with Crippen LogP contribution in [0.1, 0.15) is 29.2 Å². The number of aromatic nitrogens is 3. The summed E-state index contributed by atoms with van der Waals surface area (Å²) in [5.41, 5.74) is 7.13. The molecule has 0 saturated carbocycles. The van der Waals surface area contributed by atoms with E-state index in [9.17, 15) is 9.59 Å². The molecule has 94 valence electrons. The van der Waals surface area contributed by atoms with E-state index in [2.05, 4.69) is 15.2 Å². The zero-order chi connectivity index (χ0) is 13.1. The number of nitrogens with two attached hydrogens (primary N) is 1. The molecule has 1 atom stereocenters. The Balaban J connectivity index is 2.50. The highest BCUT2D eigenvalue weighted by Crippen LogP contribution is 2.26. The van der Waals surface area contributed by atoms with Crippen LogP contribution in [0.2, 0.25) is 0 Å². The van der Waals surface area contributed by atoms with Crippen LogP contribution in [-0.4, -0.2) is 21.1 Å². The number of pyridine rings is 1. The number of amides is 1. The van der Waals surface area contributed by atoms with Gasteiger partial charge in [0.05, 0.1) is 0 Å². The van der Waals surface area contributed by atoms with E-state index < -0.39 is 5.91 Å². The Hall–Kier alpha value is -2.37. The minimum atomic E-state index is -0.447. The number of hydrogen-bond donors (Lipinski definition) is 3. The van der Waals surface area contributed by atoms with Gasteiger partial charge < -0.3 is 10.8 Å². The minimum absolute atomic E-state index is 0.0891. The fraction of sp³-hybridized carbons (Fsp3) is 0.250. The summed E-state index contributed by atoms with van der Waals surface area (Å²) in [5.74, 6) is -0.794. The molecule has 0 aliphatic heterocycles. The first-order valence-corrected chi connectivity index (χ1v) is 5.55. The largest absolute Gasteiger partial charge is 0.370 e. The van der Waals surface area contributed by atoms with E-state index in [-0.39, 0.29) is 17.9 Å². The van der Waals surface area contributed by atoms with E-state index in [4.69, 9.17) is 5.73 Å². The van der Waals surface area contributed by atoms with Crippen LogP contribution in [0.25, 0.3) is 0 Å². The maximum absolute atomic E-state index is 11.8. The van der Waals surface area contributed by atoms with Gasteiger partial charge in [-0.3, -0.25) is 19.7 Å². The number of rotatable bonds is 4. The molecule has 0 aromatic carbocycles. The molecule has 0 aliphatic rings. The van der Waals surface area contributed by atoms with Crippen molar-refractivity contribution in [2.24, 2.45) is 5.73 Å². The van der Waals surface area contributed by atoms with Crippen molar-refractivity contribution in [1.82, 2.24) is 15.2 Å². The summed E-state index contributed by atoms with van der Waals surface area (Å²) in [6.07, 6.45) is 3.34. The Bertz CT molecular complexity index is 600. The topological polar surface area (TPSA) is 105 Å². The number of H-pyrrole nitrogens is 2. The van der Waals surface area contributed by atoms with Crippen LogP contribution in [0.5, 0.6) is 0 Å². The first-order valence-electron chi connectivity index (χ1n) is 5.55. The summed E-state index contributed by atoms with van der Waals surface area (Å²) >= 11 is 0. The summed E-state index contributed by atoms with van der Waals surface area (Å²) in [6.45, 7) is 1.78. The number of nitrogens with zero attached hydrogens (tertiary/aromatic N) is 1. The molecule has 18 heavy (non-hydrogen) atoms. The Morgan fingerprint density at radius 1 is 1.39 bits per heavy atom. The molecule has 0 spiro atoms. The normalized spacial score (nSPS) is 12.3. The van der Waals surface area contributed by atoms with Gasteiger partial charge >= 0.3 is 0 Å². The minimum Gasteiger partial charge on any atom is -0.370 e. The molecule has 2 aromatic heterocycles. The van der Waals surface area contributed by atoms with Gasteiger partial charge in [0, 0.05) is 36.0 Å². The maximum atomic E-state index is 11.8. The van der Waals surface area contributed by atoms with Crippen LogP contribution in [0, 0.1) is 6.92 Å². The molecule has 0 radical (unpaired) electrons. The van der Waals surface area contributed by atoms with E-state index in [1.807, 2.05) is 0 Å². The Morgan fingerprint density at radius 2 is 2.06 bits per heavy atom. The molecular weight excluding hydrogens is 232 g/mol. The quantitative estimate of drug-likeness (QED) is 0.727. The fourth-order valence-electron chi connectivity index (χ4n) is 2.06. The summed E-state index contributed by atoms with van der Waals surface area (Å²) in [5, 5.41) is 5.27. The van der Waals surface area contributed by atoms with Crippen LogP contribution in [0.4, 0.5) is 0 Å². The van der Waals surface area contributed by atoms with Gasteiger partial charge in [-0.25, -0.2) is 0 Å². The van der Waals surface area contributed by atoms with Crippen molar-refractivity contribution in [2.45, 2.75) is 19.3 Å². The molecule has 0 bridgehead atoms. The van der Waals surface area contributed by atoms with E-state index in [1.54, 1.807) is 31.5 Å². The zero-order valence-electron chi connectivity index (χ0n) is 9.93. The maximum Gasteiger partial charge on any atom is 0.267 e. The number of carbonyl (C=O) groups is 1. The van der Waals surface area contributed by atoms with Gasteiger partial charge in [-0.2, -0.15) is 0 Å². The highest BCUT2D eigenvalue weighted by molar-refractivity contribution is 5.75. The van der Waals surface area contributed by atoms with Gasteiger partial charge in [0.25, 0.3) is 5.56 Å². The Morgan fingerprint density at radius 3 is 2.56 bits per heavy atom. The number of hydrogen-bond acceptors (Lipinski definition) is 3. The zero-order valence-corrected chi connectivity index (χ0v) is 9.93. The monoisotopic (exact) mass is 246 g/mol. The summed E-state index contributed by atoms with van der Waals surface area (Å²) < 4.78 is 0. The molecule has 0 fully saturated rings. The highest BCUT2D eigenvalue weighted by Gasteiger charge is 2.22. The van der Waals surface area contributed by atoms with Gasteiger partial charge in [-0.1, -0.05) is 0 Å². The molecule has 0 saturated heterocycles. The third-order valence-electron chi connectivity index (χ3n) is 2.87. The molecular formula is C12H14N4O2. The van der Waals surface area contributed by atoms with Crippen molar-refractivity contribution in [3.63, 3.8) is 0 Å². The summed E-state index contributed by atoms with van der Waals surface area (Å²) in [7, 11) is 0. The van der Waals surface area contributed by atoms with Gasteiger partial charge in [0.15, 0.2) is 0 Å². The second-order valence-corrected chi connectivity index (χ2v) is 4.12. The number of carbonyl (C=O) groups excluding carboxylic acids is 1. The number of aryl methyl sites for hydroxylation is 1. The predicted octanol–water partition coefficient (Wildman–Crippen LogP) is 0.414. The lowest BCUT2D eigenvalue weighted by molar-refractivity contribution is -0.118. The first-order chi connectivity index (χ1) is 8.59. The van der Waals surface area contributed by atoms with E-state index >= 15 is 0 Å². The van der Waals surface area contributed by atoms with E-state index in [0.29, 0.717) is 11.3 Å². The molecule has 2 rings (SSSR count). The molecule has 0 unspecified atom stereocenters. The van der Waals surface area contributed by atoms with Crippen molar-refractivity contribution in [3.8, 4) is 0 Å². The van der Waals surface area contributed by atoms with Crippen molar-refractivity contribution in [3.05, 3.63) is 51.7 Å². The van der Waals surface area contributed by atoms with Crippen molar-refractivity contribution >= 4 is 5.91 Å². The standard InChI is InChI=1S/C12H14N4O2/c1-7-11(12(18)16-15-7)9(6-10(13)17)8-2-4-14-5-3-8/h2-5,9H,6H2,1H3,(H2,13,17)(H2,15,16,18)/t9-/m0/s1. The van der Waals surface area contributed by atoms with Crippen LogP contribution < -0.4 is 11.3 Å². The van der Waals surface area contributed by atoms with Crippen molar-refractivity contribution < 1.29 is 4.79 Å². The molecule has 6 heteroatoms. The highest BCUT2D eigenvalue weighted by atomic mass is 16.1. The Labute approximate surface area is 103 Å². The number of aromatic amines is 2. The fourth-order valence-corrected chi connectivity index (χ4v) is 2.06. The molecule has 2 heterocycles. The van der Waals surface area contributed by atoms with Gasteiger partial charge in [0.1, 0.15) is 0 Å². The molecule has 0 aliphatic carbocycles. The molecule has 6 nitrogen and oxygen atoms in total. The summed E-state index contributed by atoms with van der Waals surface area (Å²) in [6, 6.07) is 3.55. The van der Waals surface area contributed by atoms with E-state index in [0.717, 1.165) is 5.56 Å². The second kappa shape index (κ2) is 4.87. The van der Waals surface area contributed by atoms with Gasteiger partial charge in [-0.15, -0.1) is 0 Å². The van der Waals surface area contributed by atoms with Crippen LogP contribution in [0.15, 0.2) is 29.3 Å². The van der Waals surface area contributed by atoms with Crippen LogP contribution in [0.3, 0.4) is 0 Å².